The lowest BCUT2D eigenvalue weighted by molar-refractivity contribution is 0.310. The Balaban J connectivity index is 1.49. The number of likely N-dealkylation sites (N-methyl/N-ethyl adjacent to an activating group) is 1. The van der Waals surface area contributed by atoms with Crippen molar-refractivity contribution in [1.82, 2.24) is 9.71 Å². The number of nitrogens with one attached hydrogen (secondary N) is 1. The number of nitrogens with zero attached hydrogens (tertiary/aromatic N) is 2. The lowest BCUT2D eigenvalue weighted by Gasteiger charge is -2.27. The van der Waals surface area contributed by atoms with Gasteiger partial charge in [0.15, 0.2) is 0 Å². The van der Waals surface area contributed by atoms with Gasteiger partial charge in [-0.25, -0.2) is 18.1 Å². The van der Waals surface area contributed by atoms with Crippen LogP contribution >= 0.6 is 22.7 Å². The molecular weight excluding hydrogens is 390 g/mol. The first kappa shape index (κ1) is 17.5. The average Bonchev–Trinajstić information content (AvgIpc) is 3.31. The van der Waals surface area contributed by atoms with Crippen LogP contribution in [0.3, 0.4) is 0 Å². The minimum absolute atomic E-state index is 0.155. The zero-order valence-corrected chi connectivity index (χ0v) is 16.5. The molecule has 0 saturated heterocycles. The lowest BCUT2D eigenvalue weighted by Crippen LogP contribution is -2.29. The first-order valence-corrected chi connectivity index (χ1v) is 11.2. The topological polar surface area (TPSA) is 71.5 Å². The van der Waals surface area contributed by atoms with Crippen molar-refractivity contribution in [2.45, 2.75) is 11.4 Å². The Kier molecular flexibility index (Phi) is 4.70. The van der Waals surface area contributed by atoms with Crippen LogP contribution in [0.15, 0.2) is 46.0 Å². The predicted octanol–water partition coefficient (Wildman–Crippen LogP) is 3.18. The highest BCUT2D eigenvalue weighted by Crippen LogP contribution is 2.33. The standard InChI is InChI=1S/C17H17N3O3S3/c1-20-6-7-23-15-9-13(4-5-14(15)20)26(21,22)18-10-12-11-25-17(19-12)16-3-2-8-24-16/h2-5,8-9,11,18H,6-7,10H2,1H3. The van der Waals surface area contributed by atoms with Crippen LogP contribution in [0.25, 0.3) is 9.88 Å². The van der Waals surface area contributed by atoms with E-state index in [0.29, 0.717) is 18.1 Å². The molecule has 26 heavy (non-hydrogen) atoms. The Bertz CT molecular complexity index is 1010. The summed E-state index contributed by atoms with van der Waals surface area (Å²) in [5.41, 5.74) is 1.60. The summed E-state index contributed by atoms with van der Waals surface area (Å²) in [6, 6.07) is 8.93. The van der Waals surface area contributed by atoms with Crippen molar-refractivity contribution >= 4 is 38.4 Å². The minimum atomic E-state index is -3.64. The van der Waals surface area contributed by atoms with E-state index in [0.717, 1.165) is 22.1 Å². The summed E-state index contributed by atoms with van der Waals surface area (Å²) in [5.74, 6) is 0.593. The summed E-state index contributed by atoms with van der Waals surface area (Å²) < 4.78 is 33.4. The number of anilines is 1. The van der Waals surface area contributed by atoms with Crippen molar-refractivity contribution in [3.05, 3.63) is 46.8 Å². The first-order chi connectivity index (χ1) is 12.5. The number of rotatable bonds is 5. The molecule has 3 heterocycles. The second-order valence-electron chi connectivity index (χ2n) is 5.85. The molecule has 9 heteroatoms. The van der Waals surface area contributed by atoms with Gasteiger partial charge < -0.3 is 9.64 Å². The fourth-order valence-corrected chi connectivity index (χ4v) is 5.31. The Morgan fingerprint density at radius 1 is 1.31 bits per heavy atom. The third-order valence-corrected chi connectivity index (χ3v) is 7.39. The van der Waals surface area contributed by atoms with Crippen LogP contribution in [0.4, 0.5) is 5.69 Å². The van der Waals surface area contributed by atoms with Crippen molar-refractivity contribution in [1.29, 1.82) is 0 Å². The van der Waals surface area contributed by atoms with E-state index in [1.54, 1.807) is 29.5 Å². The van der Waals surface area contributed by atoms with Gasteiger partial charge in [0, 0.05) is 18.5 Å². The number of thiophene rings is 1. The van der Waals surface area contributed by atoms with Gasteiger partial charge in [0.1, 0.15) is 17.4 Å². The van der Waals surface area contributed by atoms with Crippen LogP contribution in [-0.4, -0.2) is 33.6 Å². The number of hydrogen-bond donors (Lipinski definition) is 1. The molecule has 0 amide bonds. The van der Waals surface area contributed by atoms with Gasteiger partial charge in [-0.1, -0.05) is 6.07 Å². The van der Waals surface area contributed by atoms with Crippen molar-refractivity contribution in [2.24, 2.45) is 0 Å². The molecule has 3 aromatic rings. The van der Waals surface area contributed by atoms with Gasteiger partial charge >= 0.3 is 0 Å². The summed E-state index contributed by atoms with van der Waals surface area (Å²) in [4.78, 5) is 7.82. The Hall–Kier alpha value is -1.94. The number of ether oxygens (including phenoxy) is 1. The second-order valence-corrected chi connectivity index (χ2v) is 9.42. The number of thiazole rings is 1. The van der Waals surface area contributed by atoms with Gasteiger partial charge in [0.2, 0.25) is 10.0 Å². The number of aromatic nitrogens is 1. The normalized spacial score (nSPS) is 14.1. The largest absolute Gasteiger partial charge is 0.490 e. The zero-order chi connectivity index (χ0) is 18.1. The molecule has 6 nitrogen and oxygen atoms in total. The molecule has 1 aliphatic heterocycles. The molecule has 0 atom stereocenters. The first-order valence-electron chi connectivity index (χ1n) is 7.99. The van der Waals surface area contributed by atoms with Gasteiger partial charge in [-0.2, -0.15) is 0 Å². The van der Waals surface area contributed by atoms with E-state index >= 15 is 0 Å². The quantitative estimate of drug-likeness (QED) is 0.703. The molecule has 0 radical (unpaired) electrons. The monoisotopic (exact) mass is 407 g/mol. The van der Waals surface area contributed by atoms with Crippen LogP contribution in [0.5, 0.6) is 5.75 Å². The van der Waals surface area contributed by atoms with Crippen LogP contribution < -0.4 is 14.4 Å². The number of benzene rings is 1. The van der Waals surface area contributed by atoms with Gasteiger partial charge in [-0.05, 0) is 23.6 Å². The molecule has 0 spiro atoms. The Morgan fingerprint density at radius 2 is 2.19 bits per heavy atom. The molecule has 0 fully saturated rings. The van der Waals surface area contributed by atoms with Gasteiger partial charge in [0.05, 0.1) is 34.2 Å². The van der Waals surface area contributed by atoms with Crippen molar-refractivity contribution in [2.75, 3.05) is 25.1 Å². The molecule has 0 aliphatic carbocycles. The van der Waals surface area contributed by atoms with Crippen LogP contribution in [0.2, 0.25) is 0 Å². The summed E-state index contributed by atoms with van der Waals surface area (Å²) in [6.07, 6.45) is 0. The van der Waals surface area contributed by atoms with E-state index in [4.69, 9.17) is 4.74 Å². The lowest BCUT2D eigenvalue weighted by atomic mass is 10.2. The molecule has 0 bridgehead atoms. The molecule has 1 aromatic carbocycles. The van der Waals surface area contributed by atoms with E-state index in [-0.39, 0.29) is 11.4 Å². The highest BCUT2D eigenvalue weighted by molar-refractivity contribution is 7.89. The highest BCUT2D eigenvalue weighted by Gasteiger charge is 2.20. The average molecular weight is 408 g/mol. The fourth-order valence-electron chi connectivity index (χ4n) is 2.66. The maximum Gasteiger partial charge on any atom is 0.241 e. The van der Waals surface area contributed by atoms with E-state index in [1.807, 2.05) is 34.8 Å². The van der Waals surface area contributed by atoms with Crippen LogP contribution in [0, 0.1) is 0 Å². The maximum atomic E-state index is 12.6. The third-order valence-electron chi connectivity index (χ3n) is 4.06. The van der Waals surface area contributed by atoms with Gasteiger partial charge in [0.25, 0.3) is 0 Å². The zero-order valence-electron chi connectivity index (χ0n) is 14.0. The molecule has 1 aliphatic rings. The smallest absolute Gasteiger partial charge is 0.241 e. The Morgan fingerprint density at radius 3 is 3.00 bits per heavy atom. The molecule has 1 N–H and O–H groups in total. The van der Waals surface area contributed by atoms with E-state index in [9.17, 15) is 8.42 Å². The molecule has 4 rings (SSSR count). The van der Waals surface area contributed by atoms with Crippen molar-refractivity contribution < 1.29 is 13.2 Å². The minimum Gasteiger partial charge on any atom is -0.490 e. The summed E-state index contributed by atoms with van der Waals surface area (Å²) >= 11 is 3.13. The molecule has 2 aromatic heterocycles. The molecule has 0 saturated carbocycles. The fraction of sp³-hybridized carbons (Fsp3) is 0.235. The van der Waals surface area contributed by atoms with Gasteiger partial charge in [-0.3, -0.25) is 0 Å². The van der Waals surface area contributed by atoms with Crippen molar-refractivity contribution in [3.8, 4) is 15.6 Å². The highest BCUT2D eigenvalue weighted by atomic mass is 32.2. The number of hydrogen-bond acceptors (Lipinski definition) is 7. The summed E-state index contributed by atoms with van der Waals surface area (Å²) in [5, 5.41) is 4.77. The summed E-state index contributed by atoms with van der Waals surface area (Å²) in [6.45, 7) is 1.49. The number of fused-ring (bicyclic) bond motifs is 1. The molecule has 136 valence electrons. The second kappa shape index (κ2) is 6.99. The van der Waals surface area contributed by atoms with E-state index < -0.39 is 10.0 Å². The SMILES string of the molecule is CN1CCOc2cc(S(=O)(=O)NCc3csc(-c4cccs4)n3)ccc21. The van der Waals surface area contributed by atoms with Gasteiger partial charge in [-0.15, -0.1) is 22.7 Å². The molecular formula is C17H17N3O3S3. The summed E-state index contributed by atoms with van der Waals surface area (Å²) in [7, 11) is -1.68. The third kappa shape index (κ3) is 3.48. The number of sulfonamides is 1. The maximum absolute atomic E-state index is 12.6. The van der Waals surface area contributed by atoms with Crippen LogP contribution in [0.1, 0.15) is 5.69 Å². The van der Waals surface area contributed by atoms with E-state index in [1.165, 1.54) is 11.3 Å². The molecule has 0 unspecified atom stereocenters. The van der Waals surface area contributed by atoms with Crippen LogP contribution in [-0.2, 0) is 16.6 Å². The predicted molar refractivity (Wildman–Crippen MR) is 105 cm³/mol. The van der Waals surface area contributed by atoms with Crippen molar-refractivity contribution in [3.63, 3.8) is 0 Å². The van der Waals surface area contributed by atoms with E-state index in [2.05, 4.69) is 9.71 Å². The Labute approximate surface area is 160 Å².